The summed E-state index contributed by atoms with van der Waals surface area (Å²) in [5.41, 5.74) is 0. The van der Waals surface area contributed by atoms with Crippen molar-refractivity contribution in [2.75, 3.05) is 26.2 Å². The topological polar surface area (TPSA) is 15.3 Å². The maximum absolute atomic E-state index is 3.69. The molecule has 1 atom stereocenters. The second-order valence-corrected chi connectivity index (χ2v) is 6.06. The molecule has 1 saturated carbocycles. The molecule has 2 heteroatoms. The Bertz CT molecular complexity index is 193. The highest BCUT2D eigenvalue weighted by atomic mass is 15.1. The molecule has 0 amide bonds. The maximum Gasteiger partial charge on any atom is 0.0195 e. The fourth-order valence-electron chi connectivity index (χ4n) is 3.52. The first-order chi connectivity index (χ1) is 8.38. The third kappa shape index (κ3) is 4.59. The lowest BCUT2D eigenvalue weighted by Crippen LogP contribution is -2.45. The van der Waals surface area contributed by atoms with Gasteiger partial charge in [-0.25, -0.2) is 0 Å². The standard InChI is InChI=1S/C15H30N2/c1-2-11-17(12-14-7-3-4-8-14)13-15-9-5-6-10-16-15/h14-16H,2-13H2,1H3. The summed E-state index contributed by atoms with van der Waals surface area (Å²) < 4.78 is 0. The normalized spacial score (nSPS) is 26.8. The van der Waals surface area contributed by atoms with Crippen molar-refractivity contribution in [3.05, 3.63) is 0 Å². The van der Waals surface area contributed by atoms with Crippen LogP contribution in [0.3, 0.4) is 0 Å². The summed E-state index contributed by atoms with van der Waals surface area (Å²) in [4.78, 5) is 2.74. The maximum atomic E-state index is 3.69. The van der Waals surface area contributed by atoms with Crippen molar-refractivity contribution in [2.45, 2.75) is 64.3 Å². The van der Waals surface area contributed by atoms with E-state index in [-0.39, 0.29) is 0 Å². The summed E-state index contributed by atoms with van der Waals surface area (Å²) >= 11 is 0. The van der Waals surface area contributed by atoms with Crippen molar-refractivity contribution in [3.8, 4) is 0 Å². The van der Waals surface area contributed by atoms with Gasteiger partial charge in [-0.15, -0.1) is 0 Å². The van der Waals surface area contributed by atoms with Gasteiger partial charge in [0.2, 0.25) is 0 Å². The average Bonchev–Trinajstić information content (AvgIpc) is 2.83. The number of nitrogens with one attached hydrogen (secondary N) is 1. The van der Waals surface area contributed by atoms with Crippen LogP contribution in [0.1, 0.15) is 58.3 Å². The molecule has 1 unspecified atom stereocenters. The number of hydrogen-bond acceptors (Lipinski definition) is 2. The highest BCUT2D eigenvalue weighted by molar-refractivity contribution is 4.78. The van der Waals surface area contributed by atoms with E-state index in [1.807, 2.05) is 0 Å². The molecule has 17 heavy (non-hydrogen) atoms. The third-order valence-corrected chi connectivity index (χ3v) is 4.42. The van der Waals surface area contributed by atoms with Crippen molar-refractivity contribution < 1.29 is 0 Å². The van der Waals surface area contributed by atoms with Gasteiger partial charge in [-0.2, -0.15) is 0 Å². The van der Waals surface area contributed by atoms with Crippen molar-refractivity contribution >= 4 is 0 Å². The van der Waals surface area contributed by atoms with Gasteiger partial charge >= 0.3 is 0 Å². The molecular formula is C15H30N2. The minimum atomic E-state index is 0.775. The molecule has 1 heterocycles. The van der Waals surface area contributed by atoms with Crippen molar-refractivity contribution in [1.82, 2.24) is 10.2 Å². The fraction of sp³-hybridized carbons (Fsp3) is 1.00. The van der Waals surface area contributed by atoms with Crippen LogP contribution in [0.2, 0.25) is 0 Å². The fourth-order valence-corrected chi connectivity index (χ4v) is 3.52. The van der Waals surface area contributed by atoms with Crippen molar-refractivity contribution in [3.63, 3.8) is 0 Å². The van der Waals surface area contributed by atoms with Gasteiger partial charge in [0.25, 0.3) is 0 Å². The molecule has 2 rings (SSSR count). The predicted octanol–water partition coefficient (Wildman–Crippen LogP) is 3.03. The average molecular weight is 238 g/mol. The first-order valence-corrected chi connectivity index (χ1v) is 7.84. The van der Waals surface area contributed by atoms with Gasteiger partial charge in [-0.3, -0.25) is 0 Å². The minimum Gasteiger partial charge on any atom is -0.313 e. The lowest BCUT2D eigenvalue weighted by Gasteiger charge is -2.32. The zero-order valence-electron chi connectivity index (χ0n) is 11.6. The molecule has 0 radical (unpaired) electrons. The zero-order chi connectivity index (χ0) is 11.9. The van der Waals surface area contributed by atoms with E-state index in [0.29, 0.717) is 0 Å². The lowest BCUT2D eigenvalue weighted by atomic mass is 10.0. The molecule has 0 aromatic carbocycles. The highest BCUT2D eigenvalue weighted by Crippen LogP contribution is 2.25. The zero-order valence-corrected chi connectivity index (χ0v) is 11.6. The summed E-state index contributed by atoms with van der Waals surface area (Å²) in [6.45, 7) is 7.52. The third-order valence-electron chi connectivity index (χ3n) is 4.42. The summed E-state index contributed by atoms with van der Waals surface area (Å²) in [5.74, 6) is 1.00. The van der Waals surface area contributed by atoms with E-state index in [1.165, 1.54) is 77.5 Å². The number of piperidine rings is 1. The molecule has 0 aromatic rings. The minimum absolute atomic E-state index is 0.775. The van der Waals surface area contributed by atoms with Gasteiger partial charge in [0, 0.05) is 19.1 Å². The summed E-state index contributed by atoms with van der Waals surface area (Å²) in [6.07, 6.45) is 11.4. The number of nitrogens with zero attached hydrogens (tertiary/aromatic N) is 1. The Morgan fingerprint density at radius 1 is 1.00 bits per heavy atom. The van der Waals surface area contributed by atoms with Crippen LogP contribution < -0.4 is 5.32 Å². The van der Waals surface area contributed by atoms with Crippen LogP contribution in [0.15, 0.2) is 0 Å². The molecule has 0 aromatic heterocycles. The Kier molecular flexibility index (Phi) is 5.79. The smallest absolute Gasteiger partial charge is 0.0195 e. The van der Waals surface area contributed by atoms with Crippen LogP contribution in [0.4, 0.5) is 0 Å². The molecule has 100 valence electrons. The molecule has 0 bridgehead atoms. The van der Waals surface area contributed by atoms with Crippen LogP contribution in [-0.4, -0.2) is 37.1 Å². The molecular weight excluding hydrogens is 208 g/mol. The highest BCUT2D eigenvalue weighted by Gasteiger charge is 2.21. The molecule has 2 aliphatic rings. The summed E-state index contributed by atoms with van der Waals surface area (Å²) in [7, 11) is 0. The molecule has 2 fully saturated rings. The van der Waals surface area contributed by atoms with E-state index in [2.05, 4.69) is 17.1 Å². The van der Waals surface area contributed by atoms with E-state index in [9.17, 15) is 0 Å². The molecule has 1 N–H and O–H groups in total. The predicted molar refractivity (Wildman–Crippen MR) is 74.3 cm³/mol. The molecule has 0 spiro atoms. The first kappa shape index (κ1) is 13.4. The van der Waals surface area contributed by atoms with Crippen molar-refractivity contribution in [1.29, 1.82) is 0 Å². The Balaban J connectivity index is 1.74. The Morgan fingerprint density at radius 2 is 1.76 bits per heavy atom. The van der Waals surface area contributed by atoms with Crippen LogP contribution in [0.25, 0.3) is 0 Å². The molecule has 2 nitrogen and oxygen atoms in total. The van der Waals surface area contributed by atoms with E-state index >= 15 is 0 Å². The van der Waals surface area contributed by atoms with E-state index in [4.69, 9.17) is 0 Å². The van der Waals surface area contributed by atoms with E-state index < -0.39 is 0 Å². The molecule has 1 saturated heterocycles. The van der Waals surface area contributed by atoms with E-state index in [0.717, 1.165) is 12.0 Å². The van der Waals surface area contributed by atoms with Crippen molar-refractivity contribution in [2.24, 2.45) is 5.92 Å². The SMILES string of the molecule is CCCN(CC1CCCC1)CC1CCCCN1. The lowest BCUT2D eigenvalue weighted by molar-refractivity contribution is 0.196. The van der Waals surface area contributed by atoms with Crippen LogP contribution in [0.5, 0.6) is 0 Å². The Hall–Kier alpha value is -0.0800. The second kappa shape index (κ2) is 7.38. The Labute approximate surface area is 107 Å². The summed E-state index contributed by atoms with van der Waals surface area (Å²) in [6, 6.07) is 0.775. The monoisotopic (exact) mass is 238 g/mol. The first-order valence-electron chi connectivity index (χ1n) is 7.84. The van der Waals surface area contributed by atoms with Crippen LogP contribution in [-0.2, 0) is 0 Å². The molecule has 1 aliphatic heterocycles. The van der Waals surface area contributed by atoms with Gasteiger partial charge in [0.05, 0.1) is 0 Å². The van der Waals surface area contributed by atoms with Gasteiger partial charge in [-0.05, 0) is 51.1 Å². The largest absolute Gasteiger partial charge is 0.313 e. The van der Waals surface area contributed by atoms with Crippen LogP contribution in [0, 0.1) is 5.92 Å². The summed E-state index contributed by atoms with van der Waals surface area (Å²) in [5, 5.41) is 3.69. The van der Waals surface area contributed by atoms with Gasteiger partial charge in [-0.1, -0.05) is 26.2 Å². The quantitative estimate of drug-likeness (QED) is 0.765. The van der Waals surface area contributed by atoms with Gasteiger partial charge < -0.3 is 10.2 Å². The second-order valence-electron chi connectivity index (χ2n) is 6.06. The van der Waals surface area contributed by atoms with Crippen LogP contribution >= 0.6 is 0 Å². The number of rotatable bonds is 6. The molecule has 1 aliphatic carbocycles. The van der Waals surface area contributed by atoms with Gasteiger partial charge in [0.1, 0.15) is 0 Å². The Morgan fingerprint density at radius 3 is 2.41 bits per heavy atom. The van der Waals surface area contributed by atoms with Gasteiger partial charge in [0.15, 0.2) is 0 Å². The van der Waals surface area contributed by atoms with E-state index in [1.54, 1.807) is 0 Å². The number of hydrogen-bond donors (Lipinski definition) is 1.